The topological polar surface area (TPSA) is 40.5 Å². The van der Waals surface area contributed by atoms with E-state index >= 15 is 0 Å². The van der Waals surface area contributed by atoms with Crippen LogP contribution in [-0.2, 0) is 4.79 Å². The highest BCUT2D eigenvalue weighted by Crippen LogP contribution is 2.48. The number of carbonyl (C=O) groups is 1. The summed E-state index contributed by atoms with van der Waals surface area (Å²) in [6, 6.07) is 0. The van der Waals surface area contributed by atoms with Crippen molar-refractivity contribution in [3.63, 3.8) is 0 Å². The number of aliphatic carboxylic acids is 1. The Morgan fingerprint density at radius 2 is 1.94 bits per heavy atom. The molecule has 3 heteroatoms. The van der Waals surface area contributed by atoms with E-state index in [-0.39, 0.29) is 11.3 Å². The quantitative estimate of drug-likeness (QED) is 0.819. The van der Waals surface area contributed by atoms with Gasteiger partial charge in [-0.3, -0.25) is 4.79 Å². The molecular weight excluding hydrogens is 214 g/mol. The third kappa shape index (κ3) is 2.22. The second kappa shape index (κ2) is 4.27. The summed E-state index contributed by atoms with van der Waals surface area (Å²) in [4.78, 5) is 13.9. The van der Waals surface area contributed by atoms with Crippen molar-refractivity contribution < 1.29 is 9.90 Å². The molecule has 3 nitrogen and oxygen atoms in total. The van der Waals surface area contributed by atoms with Crippen molar-refractivity contribution in [2.24, 2.45) is 17.3 Å². The molecule has 0 amide bonds. The fourth-order valence-electron chi connectivity index (χ4n) is 3.98. The first-order valence-electron chi connectivity index (χ1n) is 7.15. The largest absolute Gasteiger partial charge is 0.481 e. The number of carboxylic acid groups (broad SMARTS) is 1. The summed E-state index contributed by atoms with van der Waals surface area (Å²) >= 11 is 0. The van der Waals surface area contributed by atoms with Gasteiger partial charge in [0, 0.05) is 19.6 Å². The van der Waals surface area contributed by atoms with E-state index in [2.05, 4.69) is 4.90 Å². The van der Waals surface area contributed by atoms with Gasteiger partial charge in [-0.1, -0.05) is 19.3 Å². The average Bonchev–Trinajstić information content (AvgIpc) is 3.03. The second-order valence-electron chi connectivity index (χ2n) is 6.45. The van der Waals surface area contributed by atoms with Crippen LogP contribution in [0.15, 0.2) is 0 Å². The van der Waals surface area contributed by atoms with Crippen molar-refractivity contribution in [1.82, 2.24) is 4.90 Å². The number of likely N-dealkylation sites (tertiary alicyclic amines) is 1. The smallest absolute Gasteiger partial charge is 0.308 e. The van der Waals surface area contributed by atoms with Gasteiger partial charge in [0.15, 0.2) is 0 Å². The van der Waals surface area contributed by atoms with Crippen LogP contribution in [0.3, 0.4) is 0 Å². The van der Waals surface area contributed by atoms with E-state index in [0.717, 1.165) is 38.4 Å². The molecule has 1 spiro atoms. The first-order chi connectivity index (χ1) is 8.20. The van der Waals surface area contributed by atoms with Crippen molar-refractivity contribution in [2.45, 2.75) is 44.9 Å². The molecule has 2 aliphatic carbocycles. The van der Waals surface area contributed by atoms with E-state index in [1.807, 2.05) is 0 Å². The van der Waals surface area contributed by atoms with Crippen LogP contribution >= 0.6 is 0 Å². The SMILES string of the molecule is O=C(O)C1CN(CC2CC2)CC12CCCCC2. The molecule has 1 unspecified atom stereocenters. The maximum atomic E-state index is 11.5. The van der Waals surface area contributed by atoms with Crippen molar-refractivity contribution in [3.8, 4) is 0 Å². The van der Waals surface area contributed by atoms with Gasteiger partial charge in [0.25, 0.3) is 0 Å². The van der Waals surface area contributed by atoms with Crippen LogP contribution in [0.25, 0.3) is 0 Å². The Labute approximate surface area is 103 Å². The summed E-state index contributed by atoms with van der Waals surface area (Å²) in [6.45, 7) is 3.03. The lowest BCUT2D eigenvalue weighted by Crippen LogP contribution is -2.36. The summed E-state index contributed by atoms with van der Waals surface area (Å²) in [5, 5.41) is 9.47. The van der Waals surface area contributed by atoms with Gasteiger partial charge in [-0.25, -0.2) is 0 Å². The molecule has 3 aliphatic rings. The maximum absolute atomic E-state index is 11.5. The number of hydrogen-bond acceptors (Lipinski definition) is 2. The summed E-state index contributed by atoms with van der Waals surface area (Å²) < 4.78 is 0. The lowest BCUT2D eigenvalue weighted by Gasteiger charge is -2.36. The molecule has 1 saturated heterocycles. The van der Waals surface area contributed by atoms with E-state index in [1.54, 1.807) is 0 Å². The number of hydrogen-bond donors (Lipinski definition) is 1. The first-order valence-corrected chi connectivity index (χ1v) is 7.15. The Bertz CT molecular complexity index is 305. The minimum atomic E-state index is -0.551. The molecule has 0 bridgehead atoms. The lowest BCUT2D eigenvalue weighted by atomic mass is 9.68. The standard InChI is InChI=1S/C14H23NO2/c16-13(17)12-9-15(8-11-4-5-11)10-14(12)6-2-1-3-7-14/h11-12H,1-10H2,(H,16,17). The monoisotopic (exact) mass is 237 g/mol. The highest BCUT2D eigenvalue weighted by atomic mass is 16.4. The van der Waals surface area contributed by atoms with Gasteiger partial charge in [0.2, 0.25) is 0 Å². The van der Waals surface area contributed by atoms with E-state index in [4.69, 9.17) is 0 Å². The maximum Gasteiger partial charge on any atom is 0.308 e. The molecule has 0 aromatic carbocycles. The van der Waals surface area contributed by atoms with Gasteiger partial charge in [-0.05, 0) is 37.0 Å². The normalized spacial score (nSPS) is 33.1. The Morgan fingerprint density at radius 1 is 1.24 bits per heavy atom. The third-order valence-electron chi connectivity index (χ3n) is 5.08. The number of nitrogens with zero attached hydrogens (tertiary/aromatic N) is 1. The molecule has 0 aromatic rings. The van der Waals surface area contributed by atoms with Crippen molar-refractivity contribution in [3.05, 3.63) is 0 Å². The summed E-state index contributed by atoms with van der Waals surface area (Å²) in [5.74, 6) is 0.231. The van der Waals surface area contributed by atoms with Crippen LogP contribution in [0.1, 0.15) is 44.9 Å². The Hall–Kier alpha value is -0.570. The molecule has 1 N–H and O–H groups in total. The lowest BCUT2D eigenvalue weighted by molar-refractivity contribution is -0.145. The zero-order chi connectivity index (χ0) is 11.9. The zero-order valence-corrected chi connectivity index (χ0v) is 10.5. The number of carboxylic acids is 1. The van der Waals surface area contributed by atoms with E-state index in [1.165, 1.54) is 32.1 Å². The van der Waals surface area contributed by atoms with Gasteiger partial charge in [0.05, 0.1) is 5.92 Å². The predicted molar refractivity (Wildman–Crippen MR) is 65.8 cm³/mol. The van der Waals surface area contributed by atoms with Gasteiger partial charge in [-0.2, -0.15) is 0 Å². The van der Waals surface area contributed by atoms with Gasteiger partial charge in [0.1, 0.15) is 0 Å². The minimum Gasteiger partial charge on any atom is -0.481 e. The predicted octanol–water partition coefficient (Wildman–Crippen LogP) is 2.36. The van der Waals surface area contributed by atoms with E-state index in [0.29, 0.717) is 0 Å². The van der Waals surface area contributed by atoms with E-state index in [9.17, 15) is 9.90 Å². The Kier molecular flexibility index (Phi) is 2.89. The molecule has 0 radical (unpaired) electrons. The van der Waals surface area contributed by atoms with Crippen LogP contribution in [0.5, 0.6) is 0 Å². The van der Waals surface area contributed by atoms with Gasteiger partial charge in [-0.15, -0.1) is 0 Å². The second-order valence-corrected chi connectivity index (χ2v) is 6.45. The van der Waals surface area contributed by atoms with E-state index < -0.39 is 5.97 Å². The molecule has 1 atom stereocenters. The molecule has 2 saturated carbocycles. The molecular formula is C14H23NO2. The Morgan fingerprint density at radius 3 is 2.53 bits per heavy atom. The van der Waals surface area contributed by atoms with Crippen LogP contribution in [0, 0.1) is 17.3 Å². The molecule has 1 heterocycles. The molecule has 96 valence electrons. The number of rotatable bonds is 3. The van der Waals surface area contributed by atoms with Gasteiger partial charge < -0.3 is 10.0 Å². The fourth-order valence-corrected chi connectivity index (χ4v) is 3.98. The highest BCUT2D eigenvalue weighted by molar-refractivity contribution is 5.72. The van der Waals surface area contributed by atoms with Gasteiger partial charge >= 0.3 is 5.97 Å². The average molecular weight is 237 g/mol. The van der Waals surface area contributed by atoms with Crippen molar-refractivity contribution in [1.29, 1.82) is 0 Å². The van der Waals surface area contributed by atoms with Crippen molar-refractivity contribution >= 4 is 5.97 Å². The van der Waals surface area contributed by atoms with Crippen LogP contribution in [0.4, 0.5) is 0 Å². The molecule has 17 heavy (non-hydrogen) atoms. The Balaban J connectivity index is 1.72. The molecule has 1 aliphatic heterocycles. The summed E-state index contributed by atoms with van der Waals surface area (Å²) in [5.41, 5.74) is 0.124. The molecule has 3 rings (SSSR count). The first kappa shape index (κ1) is 11.5. The zero-order valence-electron chi connectivity index (χ0n) is 10.5. The van der Waals surface area contributed by atoms with Crippen molar-refractivity contribution in [2.75, 3.05) is 19.6 Å². The minimum absolute atomic E-state index is 0.0958. The molecule has 3 fully saturated rings. The highest BCUT2D eigenvalue weighted by Gasteiger charge is 2.50. The fraction of sp³-hybridized carbons (Fsp3) is 0.929. The third-order valence-corrected chi connectivity index (χ3v) is 5.08. The summed E-state index contributed by atoms with van der Waals surface area (Å²) in [7, 11) is 0. The van der Waals surface area contributed by atoms with Crippen LogP contribution in [-0.4, -0.2) is 35.6 Å². The summed E-state index contributed by atoms with van der Waals surface area (Å²) in [6.07, 6.45) is 8.79. The van der Waals surface area contributed by atoms with Crippen LogP contribution in [0.2, 0.25) is 0 Å². The van der Waals surface area contributed by atoms with Crippen LogP contribution < -0.4 is 0 Å². The molecule has 0 aromatic heterocycles.